The van der Waals surface area contributed by atoms with Crippen molar-refractivity contribution in [3.05, 3.63) is 48.0 Å². The van der Waals surface area contributed by atoms with Crippen molar-refractivity contribution in [1.29, 1.82) is 0 Å². The molecule has 0 aliphatic rings. The molecular formula is C17H18F3N5O2S. The average molecular weight is 413 g/mol. The number of nitrogens with two attached hydrogens (primary N) is 2. The summed E-state index contributed by atoms with van der Waals surface area (Å²) < 4.78 is 44.0. The zero-order chi connectivity index (χ0) is 20.9. The molecule has 28 heavy (non-hydrogen) atoms. The van der Waals surface area contributed by atoms with Gasteiger partial charge >= 0.3 is 6.18 Å². The average Bonchev–Trinajstić information content (AvgIpc) is 2.64. The fourth-order valence-corrected chi connectivity index (χ4v) is 2.82. The highest BCUT2D eigenvalue weighted by atomic mass is 32.2. The first kappa shape index (κ1) is 21.5. The van der Waals surface area contributed by atoms with Gasteiger partial charge in [0.2, 0.25) is 11.8 Å². The van der Waals surface area contributed by atoms with Crippen molar-refractivity contribution < 1.29 is 22.7 Å². The van der Waals surface area contributed by atoms with Crippen LogP contribution < -0.4 is 21.5 Å². The lowest BCUT2D eigenvalue weighted by molar-refractivity contribution is -0.137. The number of hydrogen-bond acceptors (Lipinski definition) is 7. The van der Waals surface area contributed by atoms with Crippen molar-refractivity contribution in [3.63, 3.8) is 0 Å². The molecule has 11 heteroatoms. The van der Waals surface area contributed by atoms with Gasteiger partial charge in [-0.1, -0.05) is 12.6 Å². The SMILES string of the molecule is C=C[C@H](Oc1nc(N)nc(SC)c1CN)C(=O)Nc1cccc(C(F)(F)F)c1. The molecule has 0 spiro atoms. The molecule has 0 aliphatic carbocycles. The Morgan fingerprint density at radius 2 is 2.14 bits per heavy atom. The second kappa shape index (κ2) is 8.93. The number of rotatable bonds is 7. The quantitative estimate of drug-likeness (QED) is 0.363. The number of ether oxygens (including phenoxy) is 1. The van der Waals surface area contributed by atoms with Gasteiger partial charge in [0.1, 0.15) is 5.03 Å². The van der Waals surface area contributed by atoms with Gasteiger partial charge in [0.05, 0.1) is 11.1 Å². The number of nitrogen functional groups attached to an aromatic ring is 1. The summed E-state index contributed by atoms with van der Waals surface area (Å²) in [6, 6.07) is 4.23. The summed E-state index contributed by atoms with van der Waals surface area (Å²) in [4.78, 5) is 20.4. The number of carbonyl (C=O) groups is 1. The van der Waals surface area contributed by atoms with Crippen LogP contribution in [0.5, 0.6) is 5.88 Å². The highest BCUT2D eigenvalue weighted by molar-refractivity contribution is 7.98. The Balaban J connectivity index is 2.24. The summed E-state index contributed by atoms with van der Waals surface area (Å²) in [6.07, 6.45) is -2.84. The standard InChI is InChI=1S/C17H18F3N5O2S/c1-3-12(27-14-11(8-21)15(28-2)25-16(22)24-14)13(26)23-10-6-4-5-9(7-10)17(18,19)20/h3-7,12H,1,8,21H2,2H3,(H,23,26)(H2,22,24,25)/t12-/m0/s1. The van der Waals surface area contributed by atoms with Crippen LogP contribution in [0.3, 0.4) is 0 Å². The molecule has 0 fully saturated rings. The maximum atomic E-state index is 12.8. The van der Waals surface area contributed by atoms with Gasteiger partial charge < -0.3 is 21.5 Å². The maximum absolute atomic E-state index is 12.8. The smallest absolute Gasteiger partial charge is 0.416 e. The maximum Gasteiger partial charge on any atom is 0.416 e. The zero-order valence-electron chi connectivity index (χ0n) is 14.8. The first-order chi connectivity index (χ1) is 13.2. The normalized spacial score (nSPS) is 12.3. The summed E-state index contributed by atoms with van der Waals surface area (Å²) >= 11 is 1.27. The van der Waals surface area contributed by atoms with Gasteiger partial charge in [-0.3, -0.25) is 4.79 Å². The molecule has 1 amide bonds. The lowest BCUT2D eigenvalue weighted by Crippen LogP contribution is -2.32. The van der Waals surface area contributed by atoms with Gasteiger partial charge in [0, 0.05) is 12.2 Å². The number of anilines is 2. The number of amides is 1. The monoisotopic (exact) mass is 413 g/mol. The fourth-order valence-electron chi connectivity index (χ4n) is 2.22. The summed E-state index contributed by atoms with van der Waals surface area (Å²) in [7, 11) is 0. The van der Waals surface area contributed by atoms with Crippen LogP contribution >= 0.6 is 11.8 Å². The zero-order valence-corrected chi connectivity index (χ0v) is 15.6. The predicted octanol–water partition coefficient (Wildman–Crippen LogP) is 2.83. The van der Waals surface area contributed by atoms with E-state index in [0.717, 1.165) is 12.1 Å². The van der Waals surface area contributed by atoms with Crippen molar-refractivity contribution in [2.45, 2.75) is 23.9 Å². The number of thioether (sulfide) groups is 1. The molecule has 5 N–H and O–H groups in total. The van der Waals surface area contributed by atoms with E-state index in [4.69, 9.17) is 16.2 Å². The first-order valence-electron chi connectivity index (χ1n) is 7.87. The molecular weight excluding hydrogens is 395 g/mol. The van der Waals surface area contributed by atoms with Crippen molar-refractivity contribution in [2.75, 3.05) is 17.3 Å². The van der Waals surface area contributed by atoms with E-state index in [1.54, 1.807) is 6.26 Å². The van der Waals surface area contributed by atoms with Gasteiger partial charge in [0.15, 0.2) is 6.10 Å². The predicted molar refractivity (Wildman–Crippen MR) is 101 cm³/mol. The van der Waals surface area contributed by atoms with E-state index in [0.29, 0.717) is 10.6 Å². The molecule has 7 nitrogen and oxygen atoms in total. The molecule has 0 aliphatic heterocycles. The van der Waals surface area contributed by atoms with Crippen molar-refractivity contribution >= 4 is 29.3 Å². The minimum Gasteiger partial charge on any atom is -0.460 e. The van der Waals surface area contributed by atoms with Crippen LogP contribution in [0.15, 0.2) is 41.9 Å². The largest absolute Gasteiger partial charge is 0.460 e. The first-order valence-corrected chi connectivity index (χ1v) is 9.09. The molecule has 150 valence electrons. The van der Waals surface area contributed by atoms with Crippen LogP contribution in [0.25, 0.3) is 0 Å². The van der Waals surface area contributed by atoms with Crippen LogP contribution in [0, 0.1) is 0 Å². The molecule has 2 rings (SSSR count). The Bertz CT molecular complexity index is 876. The number of hydrogen-bond donors (Lipinski definition) is 3. The van der Waals surface area contributed by atoms with Crippen LogP contribution in [0.2, 0.25) is 0 Å². The number of halogens is 3. The summed E-state index contributed by atoms with van der Waals surface area (Å²) in [6.45, 7) is 3.55. The van der Waals surface area contributed by atoms with Gasteiger partial charge in [-0.2, -0.15) is 18.2 Å². The number of benzene rings is 1. The van der Waals surface area contributed by atoms with E-state index in [9.17, 15) is 18.0 Å². The lowest BCUT2D eigenvalue weighted by Gasteiger charge is -2.18. The molecule has 0 bridgehead atoms. The lowest BCUT2D eigenvalue weighted by atomic mass is 10.2. The number of alkyl halides is 3. The topological polar surface area (TPSA) is 116 Å². The summed E-state index contributed by atoms with van der Waals surface area (Å²) in [5, 5.41) is 2.85. The van der Waals surface area contributed by atoms with Crippen LogP contribution in [-0.2, 0) is 17.5 Å². The third-order valence-electron chi connectivity index (χ3n) is 3.51. The summed E-state index contributed by atoms with van der Waals surface area (Å²) in [5.74, 6) is -0.804. The third kappa shape index (κ3) is 5.14. The van der Waals surface area contributed by atoms with Crippen LogP contribution in [0.1, 0.15) is 11.1 Å². The Labute approximate surface area is 163 Å². The molecule has 0 saturated heterocycles. The van der Waals surface area contributed by atoms with Gasteiger partial charge in [-0.25, -0.2) is 4.98 Å². The number of nitrogens with one attached hydrogen (secondary N) is 1. The Morgan fingerprint density at radius 1 is 1.43 bits per heavy atom. The van der Waals surface area contributed by atoms with E-state index in [-0.39, 0.29) is 24.1 Å². The van der Waals surface area contributed by atoms with Crippen LogP contribution in [0.4, 0.5) is 24.8 Å². The second-order valence-electron chi connectivity index (χ2n) is 5.42. The Hall–Kier alpha value is -2.79. The van der Waals surface area contributed by atoms with E-state index >= 15 is 0 Å². The van der Waals surface area contributed by atoms with E-state index in [1.807, 2.05) is 0 Å². The minimum absolute atomic E-state index is 0.00319. The molecule has 1 aromatic heterocycles. The molecule has 1 aromatic carbocycles. The molecule has 2 aromatic rings. The Kier molecular flexibility index (Phi) is 6.86. The molecule has 0 radical (unpaired) electrons. The number of carbonyl (C=O) groups excluding carboxylic acids is 1. The van der Waals surface area contributed by atoms with E-state index in [2.05, 4.69) is 21.9 Å². The molecule has 1 heterocycles. The van der Waals surface area contributed by atoms with Crippen molar-refractivity contribution in [1.82, 2.24) is 9.97 Å². The fraction of sp³-hybridized carbons (Fsp3) is 0.235. The summed E-state index contributed by atoms with van der Waals surface area (Å²) in [5.41, 5.74) is 10.9. The molecule has 0 unspecified atom stereocenters. The number of aromatic nitrogens is 2. The highest BCUT2D eigenvalue weighted by Crippen LogP contribution is 2.31. The van der Waals surface area contributed by atoms with Gasteiger partial charge in [-0.15, -0.1) is 11.8 Å². The molecule has 1 atom stereocenters. The van der Waals surface area contributed by atoms with E-state index in [1.165, 1.54) is 30.0 Å². The third-order valence-corrected chi connectivity index (χ3v) is 4.24. The Morgan fingerprint density at radius 3 is 2.71 bits per heavy atom. The number of nitrogens with zero attached hydrogens (tertiary/aromatic N) is 2. The molecule has 0 saturated carbocycles. The van der Waals surface area contributed by atoms with Gasteiger partial charge in [0.25, 0.3) is 5.91 Å². The minimum atomic E-state index is -4.53. The van der Waals surface area contributed by atoms with Crippen molar-refractivity contribution in [2.24, 2.45) is 5.73 Å². The van der Waals surface area contributed by atoms with Crippen LogP contribution in [-0.4, -0.2) is 28.2 Å². The second-order valence-corrected chi connectivity index (χ2v) is 6.22. The highest BCUT2D eigenvalue weighted by Gasteiger charge is 2.30. The van der Waals surface area contributed by atoms with Crippen molar-refractivity contribution in [3.8, 4) is 5.88 Å². The van der Waals surface area contributed by atoms with E-state index < -0.39 is 23.8 Å². The van der Waals surface area contributed by atoms with Gasteiger partial charge in [-0.05, 0) is 30.5 Å².